The predicted molar refractivity (Wildman–Crippen MR) is 75.8 cm³/mol. The van der Waals surface area contributed by atoms with E-state index in [9.17, 15) is 9.59 Å². The minimum Gasteiger partial charge on any atom is -0.477 e. The quantitative estimate of drug-likeness (QED) is 0.792. The molecule has 0 bridgehead atoms. The smallest absolute Gasteiger partial charge is 0.353 e. The van der Waals surface area contributed by atoms with Crippen LogP contribution in [-0.2, 0) is 10.3 Å². The van der Waals surface area contributed by atoms with Gasteiger partial charge in [0.05, 0.1) is 11.7 Å². The maximum Gasteiger partial charge on any atom is 0.353 e. The Balaban J connectivity index is 1.80. The first-order valence-corrected chi connectivity index (χ1v) is 7.57. The molecular weight excluding hydrogens is 270 g/mol. The van der Waals surface area contributed by atoms with E-state index in [0.717, 1.165) is 44.9 Å². The van der Waals surface area contributed by atoms with Crippen molar-refractivity contribution in [3.63, 3.8) is 0 Å². The van der Waals surface area contributed by atoms with Crippen LogP contribution in [0.4, 0.5) is 0 Å². The molecule has 0 unspecified atom stereocenters. The van der Waals surface area contributed by atoms with E-state index in [2.05, 4.69) is 15.3 Å². The minimum atomic E-state index is -1.03. The summed E-state index contributed by atoms with van der Waals surface area (Å²) < 4.78 is 0. The summed E-state index contributed by atoms with van der Waals surface area (Å²) in [5.74, 6) is -0.383. The Hall–Kier alpha value is -1.85. The van der Waals surface area contributed by atoms with Crippen molar-refractivity contribution in [1.29, 1.82) is 0 Å². The molecule has 0 radical (unpaired) electrons. The standard InChI is InChI=1S/C15H21N3O3/c1-14(5-2-3-6-14)13(21)18-15(7-4-8-15)12-16-9-10(17-12)11(19)20/h9H,2-8H2,1H3,(H,16,17)(H,18,21)(H,19,20). The van der Waals surface area contributed by atoms with Crippen molar-refractivity contribution in [2.45, 2.75) is 57.4 Å². The monoisotopic (exact) mass is 291 g/mol. The summed E-state index contributed by atoms with van der Waals surface area (Å²) >= 11 is 0. The van der Waals surface area contributed by atoms with Gasteiger partial charge in [-0.1, -0.05) is 19.8 Å². The Morgan fingerprint density at radius 3 is 2.38 bits per heavy atom. The number of hydrogen-bond donors (Lipinski definition) is 3. The summed E-state index contributed by atoms with van der Waals surface area (Å²) in [7, 11) is 0. The first kappa shape index (κ1) is 14.1. The molecule has 21 heavy (non-hydrogen) atoms. The molecule has 0 aromatic carbocycles. The molecule has 6 nitrogen and oxygen atoms in total. The fourth-order valence-electron chi connectivity index (χ4n) is 3.38. The summed E-state index contributed by atoms with van der Waals surface area (Å²) in [4.78, 5) is 30.6. The van der Waals surface area contributed by atoms with Crippen LogP contribution in [-0.4, -0.2) is 27.0 Å². The van der Waals surface area contributed by atoms with Crippen molar-refractivity contribution >= 4 is 11.9 Å². The molecule has 1 amide bonds. The fourth-order valence-corrected chi connectivity index (χ4v) is 3.38. The highest BCUT2D eigenvalue weighted by Crippen LogP contribution is 2.43. The van der Waals surface area contributed by atoms with E-state index in [1.807, 2.05) is 6.92 Å². The molecule has 0 aliphatic heterocycles. The molecule has 2 saturated carbocycles. The summed E-state index contributed by atoms with van der Waals surface area (Å²) in [6.45, 7) is 2.02. The summed E-state index contributed by atoms with van der Waals surface area (Å²) in [6, 6.07) is 0. The Kier molecular flexibility index (Phi) is 3.26. The number of carboxylic acid groups (broad SMARTS) is 1. The SMILES string of the molecule is CC1(C(=O)NC2(c3ncc(C(=O)O)[nH]3)CCC2)CCCC1. The Morgan fingerprint density at radius 1 is 1.24 bits per heavy atom. The molecule has 1 aromatic rings. The molecule has 2 aliphatic rings. The van der Waals surface area contributed by atoms with Crippen molar-refractivity contribution in [2.75, 3.05) is 0 Å². The lowest BCUT2D eigenvalue weighted by molar-refractivity contribution is -0.133. The average molecular weight is 291 g/mol. The number of carbonyl (C=O) groups is 2. The number of carbonyl (C=O) groups excluding carboxylic acids is 1. The van der Waals surface area contributed by atoms with Crippen molar-refractivity contribution in [2.24, 2.45) is 5.41 Å². The van der Waals surface area contributed by atoms with Gasteiger partial charge in [0.2, 0.25) is 5.91 Å². The molecule has 6 heteroatoms. The van der Waals surface area contributed by atoms with Crippen LogP contribution in [0.3, 0.4) is 0 Å². The van der Waals surface area contributed by atoms with Crippen LogP contribution >= 0.6 is 0 Å². The normalized spacial score (nSPS) is 22.5. The molecule has 2 fully saturated rings. The molecule has 3 rings (SSSR count). The van der Waals surface area contributed by atoms with Gasteiger partial charge in [-0.3, -0.25) is 4.79 Å². The molecule has 2 aliphatic carbocycles. The van der Waals surface area contributed by atoms with Crippen LogP contribution in [0.1, 0.15) is 68.2 Å². The van der Waals surface area contributed by atoms with Gasteiger partial charge in [0.25, 0.3) is 0 Å². The third kappa shape index (κ3) is 2.32. The molecule has 0 atom stereocenters. The van der Waals surface area contributed by atoms with E-state index in [1.165, 1.54) is 6.20 Å². The van der Waals surface area contributed by atoms with Gasteiger partial charge >= 0.3 is 5.97 Å². The highest BCUT2D eigenvalue weighted by Gasteiger charge is 2.46. The van der Waals surface area contributed by atoms with Gasteiger partial charge in [-0.25, -0.2) is 9.78 Å². The Labute approximate surface area is 123 Å². The predicted octanol–water partition coefficient (Wildman–Crippen LogP) is 2.18. The van der Waals surface area contributed by atoms with Crippen molar-refractivity contribution in [1.82, 2.24) is 15.3 Å². The number of nitrogens with one attached hydrogen (secondary N) is 2. The first-order chi connectivity index (χ1) is 9.95. The van der Waals surface area contributed by atoms with E-state index in [4.69, 9.17) is 5.11 Å². The number of rotatable bonds is 4. The number of hydrogen-bond acceptors (Lipinski definition) is 3. The van der Waals surface area contributed by atoms with Crippen LogP contribution in [0.15, 0.2) is 6.20 Å². The van der Waals surface area contributed by atoms with E-state index in [1.54, 1.807) is 0 Å². The van der Waals surface area contributed by atoms with E-state index < -0.39 is 11.5 Å². The summed E-state index contributed by atoms with van der Waals surface area (Å²) in [5.41, 5.74) is -0.723. The average Bonchev–Trinajstić information content (AvgIpc) is 3.03. The molecule has 114 valence electrons. The third-order valence-electron chi connectivity index (χ3n) is 5.07. The molecule has 1 aromatic heterocycles. The second-order valence-corrected chi connectivity index (χ2v) is 6.61. The second-order valence-electron chi connectivity index (χ2n) is 6.61. The number of amides is 1. The third-order valence-corrected chi connectivity index (χ3v) is 5.07. The van der Waals surface area contributed by atoms with Crippen molar-refractivity contribution in [3.8, 4) is 0 Å². The number of H-pyrrole nitrogens is 1. The van der Waals surface area contributed by atoms with E-state index in [0.29, 0.717) is 5.82 Å². The molecule has 1 heterocycles. The zero-order chi connectivity index (χ0) is 15.1. The number of aromatic amines is 1. The molecule has 0 spiro atoms. The number of aromatic carboxylic acids is 1. The number of aromatic nitrogens is 2. The summed E-state index contributed by atoms with van der Waals surface area (Å²) in [6.07, 6.45) is 7.99. The Bertz CT molecular complexity index is 568. The first-order valence-electron chi connectivity index (χ1n) is 7.57. The zero-order valence-electron chi connectivity index (χ0n) is 12.2. The van der Waals surface area contributed by atoms with Crippen LogP contribution in [0.2, 0.25) is 0 Å². The highest BCUT2D eigenvalue weighted by atomic mass is 16.4. The molecule has 0 saturated heterocycles. The minimum absolute atomic E-state index is 0.0672. The maximum absolute atomic E-state index is 12.6. The van der Waals surface area contributed by atoms with Gasteiger partial charge in [0.15, 0.2) is 0 Å². The lowest BCUT2D eigenvalue weighted by atomic mass is 9.74. The van der Waals surface area contributed by atoms with Gasteiger partial charge < -0.3 is 15.4 Å². The zero-order valence-corrected chi connectivity index (χ0v) is 12.2. The van der Waals surface area contributed by atoms with Gasteiger partial charge in [-0.2, -0.15) is 0 Å². The van der Waals surface area contributed by atoms with Gasteiger partial charge in [-0.05, 0) is 32.1 Å². The summed E-state index contributed by atoms with van der Waals surface area (Å²) in [5, 5.41) is 12.1. The van der Waals surface area contributed by atoms with Gasteiger partial charge in [0.1, 0.15) is 11.5 Å². The van der Waals surface area contributed by atoms with Gasteiger partial charge in [-0.15, -0.1) is 0 Å². The van der Waals surface area contributed by atoms with Crippen LogP contribution in [0, 0.1) is 5.41 Å². The van der Waals surface area contributed by atoms with E-state index in [-0.39, 0.29) is 17.0 Å². The Morgan fingerprint density at radius 2 is 1.90 bits per heavy atom. The largest absolute Gasteiger partial charge is 0.477 e. The maximum atomic E-state index is 12.6. The van der Waals surface area contributed by atoms with Gasteiger partial charge in [0, 0.05) is 5.41 Å². The number of carboxylic acids is 1. The molecular formula is C15H21N3O3. The van der Waals surface area contributed by atoms with Crippen molar-refractivity contribution < 1.29 is 14.7 Å². The number of imidazole rings is 1. The van der Waals surface area contributed by atoms with Crippen LogP contribution < -0.4 is 5.32 Å². The second kappa shape index (κ2) is 4.86. The van der Waals surface area contributed by atoms with E-state index >= 15 is 0 Å². The lowest BCUT2D eigenvalue weighted by Gasteiger charge is -2.42. The van der Waals surface area contributed by atoms with Crippen molar-refractivity contribution in [3.05, 3.63) is 17.7 Å². The topological polar surface area (TPSA) is 95.1 Å². The van der Waals surface area contributed by atoms with Crippen LogP contribution in [0.5, 0.6) is 0 Å². The van der Waals surface area contributed by atoms with Crippen LogP contribution in [0.25, 0.3) is 0 Å². The number of nitrogens with zero attached hydrogens (tertiary/aromatic N) is 1. The lowest BCUT2D eigenvalue weighted by Crippen LogP contribution is -2.55. The fraction of sp³-hybridized carbons (Fsp3) is 0.667. The molecule has 3 N–H and O–H groups in total. The highest BCUT2D eigenvalue weighted by molar-refractivity contribution is 5.85.